The molecule has 0 bridgehead atoms. The van der Waals surface area contributed by atoms with E-state index in [2.05, 4.69) is 15.0 Å². The molecular weight excluding hydrogens is 262 g/mol. The van der Waals surface area contributed by atoms with Gasteiger partial charge < -0.3 is 19.2 Å². The van der Waals surface area contributed by atoms with E-state index >= 15 is 0 Å². The third-order valence-corrected chi connectivity index (χ3v) is 2.62. The van der Waals surface area contributed by atoms with Crippen LogP contribution in [0.25, 0.3) is 0 Å². The van der Waals surface area contributed by atoms with Crippen LogP contribution in [-0.2, 0) is 0 Å². The summed E-state index contributed by atoms with van der Waals surface area (Å²) in [4.78, 5) is 20.6. The van der Waals surface area contributed by atoms with Crippen molar-refractivity contribution in [2.45, 2.75) is 0 Å². The van der Waals surface area contributed by atoms with Gasteiger partial charge in [-0.25, -0.2) is 9.79 Å². The fourth-order valence-corrected chi connectivity index (χ4v) is 1.67. The van der Waals surface area contributed by atoms with Gasteiger partial charge in [0.2, 0.25) is 0 Å². The Morgan fingerprint density at radius 1 is 1.05 bits per heavy atom. The molecule has 0 atom stereocenters. The molecule has 0 aliphatic heterocycles. The summed E-state index contributed by atoms with van der Waals surface area (Å²) < 4.78 is 15.7. The van der Waals surface area contributed by atoms with Crippen molar-refractivity contribution in [3.05, 3.63) is 40.4 Å². The van der Waals surface area contributed by atoms with Crippen LogP contribution in [0.15, 0.2) is 34.2 Å². The Labute approximate surface area is 114 Å². The highest BCUT2D eigenvalue weighted by Gasteiger charge is 2.12. The van der Waals surface area contributed by atoms with Crippen LogP contribution in [0.5, 0.6) is 17.2 Å². The van der Waals surface area contributed by atoms with Gasteiger partial charge in [0.1, 0.15) is 16.9 Å². The normalized spacial score (nSPS) is 11.2. The molecule has 2 N–H and O–H groups in total. The molecule has 0 aliphatic carbocycles. The number of ether oxygens (including phenoxy) is 3. The summed E-state index contributed by atoms with van der Waals surface area (Å²) in [7, 11) is 4.60. The molecule has 1 heterocycles. The molecule has 2 rings (SSSR count). The molecule has 0 radical (unpaired) electrons. The number of nitrogens with one attached hydrogen (secondary N) is 2. The van der Waals surface area contributed by atoms with Crippen LogP contribution in [0, 0.1) is 0 Å². The van der Waals surface area contributed by atoms with Crippen molar-refractivity contribution in [3.63, 3.8) is 0 Å². The minimum Gasteiger partial charge on any atom is -0.496 e. The summed E-state index contributed by atoms with van der Waals surface area (Å²) in [5.41, 5.74) is 0.505. The first-order valence-corrected chi connectivity index (χ1v) is 5.80. The minimum atomic E-state index is -0.349. The van der Waals surface area contributed by atoms with Crippen LogP contribution in [0.2, 0.25) is 0 Å². The molecule has 7 heteroatoms. The summed E-state index contributed by atoms with van der Waals surface area (Å²) in [6, 6.07) is 5.01. The lowest BCUT2D eigenvalue weighted by Gasteiger charge is -2.11. The van der Waals surface area contributed by atoms with Gasteiger partial charge in [-0.3, -0.25) is 4.98 Å². The van der Waals surface area contributed by atoms with Gasteiger partial charge in [0.25, 0.3) is 0 Å². The largest absolute Gasteiger partial charge is 0.496 e. The van der Waals surface area contributed by atoms with E-state index in [0.717, 1.165) is 0 Å². The van der Waals surface area contributed by atoms with Gasteiger partial charge >= 0.3 is 5.69 Å². The summed E-state index contributed by atoms with van der Waals surface area (Å²) >= 11 is 0. The molecule has 0 saturated carbocycles. The molecule has 0 fully saturated rings. The van der Waals surface area contributed by atoms with Gasteiger partial charge in [-0.15, -0.1) is 0 Å². The number of methoxy groups -OCH3 is 3. The molecule has 0 spiro atoms. The van der Waals surface area contributed by atoms with Gasteiger partial charge in [0.05, 0.1) is 21.3 Å². The monoisotopic (exact) mass is 277 g/mol. The first kappa shape index (κ1) is 13.7. The van der Waals surface area contributed by atoms with Gasteiger partial charge in [-0.1, -0.05) is 0 Å². The van der Waals surface area contributed by atoms with Crippen molar-refractivity contribution in [3.8, 4) is 17.2 Å². The van der Waals surface area contributed by atoms with E-state index < -0.39 is 0 Å². The Morgan fingerprint density at radius 3 is 2.20 bits per heavy atom. The Morgan fingerprint density at radius 2 is 1.70 bits per heavy atom. The highest BCUT2D eigenvalue weighted by molar-refractivity contribution is 5.65. The molecule has 106 valence electrons. The van der Waals surface area contributed by atoms with Crippen molar-refractivity contribution in [1.82, 2.24) is 9.97 Å². The molecule has 0 aliphatic rings. The Hall–Kier alpha value is -2.70. The molecule has 20 heavy (non-hydrogen) atoms. The molecule has 2 aromatic rings. The summed E-state index contributed by atoms with van der Waals surface area (Å²) in [5.74, 6) is 1.55. The Balaban J connectivity index is 2.66. The van der Waals surface area contributed by atoms with Gasteiger partial charge in [0.15, 0.2) is 11.5 Å². The van der Waals surface area contributed by atoms with Crippen molar-refractivity contribution < 1.29 is 14.2 Å². The van der Waals surface area contributed by atoms with Gasteiger partial charge in [0, 0.05) is 18.3 Å². The lowest BCUT2D eigenvalue weighted by molar-refractivity contribution is 0.377. The van der Waals surface area contributed by atoms with Crippen LogP contribution in [0.4, 0.5) is 5.69 Å². The van der Waals surface area contributed by atoms with Gasteiger partial charge in [-0.05, 0) is 6.07 Å². The highest BCUT2D eigenvalue weighted by atomic mass is 16.5. The summed E-state index contributed by atoms with van der Waals surface area (Å²) in [5, 5.41) is 0. The number of hydrogen-bond donors (Lipinski definition) is 2. The molecule has 0 unspecified atom stereocenters. The molecule has 0 saturated heterocycles. The number of rotatable bonds is 4. The second-order valence-electron chi connectivity index (χ2n) is 3.81. The van der Waals surface area contributed by atoms with E-state index in [-0.39, 0.29) is 5.69 Å². The maximum atomic E-state index is 11.2. The van der Waals surface area contributed by atoms with E-state index in [9.17, 15) is 4.79 Å². The van der Waals surface area contributed by atoms with E-state index in [1.54, 1.807) is 25.3 Å². The number of aromatic nitrogens is 2. The molecule has 0 amide bonds. The second-order valence-corrected chi connectivity index (χ2v) is 3.81. The quantitative estimate of drug-likeness (QED) is 0.871. The average Bonchev–Trinajstić information content (AvgIpc) is 2.47. The van der Waals surface area contributed by atoms with Crippen molar-refractivity contribution in [2.75, 3.05) is 21.3 Å². The summed E-state index contributed by atoms with van der Waals surface area (Å²) in [6.07, 6.45) is 1.50. The molecule has 1 aromatic heterocycles. The Bertz CT molecular complexity index is 693. The maximum Gasteiger partial charge on any atom is 0.324 e. The summed E-state index contributed by atoms with van der Waals surface area (Å²) in [6.45, 7) is 0. The minimum absolute atomic E-state index is 0.349. The van der Waals surface area contributed by atoms with Crippen LogP contribution >= 0.6 is 0 Å². The highest BCUT2D eigenvalue weighted by Crippen LogP contribution is 2.40. The van der Waals surface area contributed by atoms with E-state index in [4.69, 9.17) is 14.2 Å². The second kappa shape index (κ2) is 5.96. The third-order valence-electron chi connectivity index (χ3n) is 2.62. The molecule has 1 aromatic carbocycles. The third kappa shape index (κ3) is 2.82. The zero-order chi connectivity index (χ0) is 14.5. The smallest absolute Gasteiger partial charge is 0.324 e. The Kier molecular flexibility index (Phi) is 4.09. The number of aromatic amines is 2. The van der Waals surface area contributed by atoms with Crippen molar-refractivity contribution in [2.24, 2.45) is 4.99 Å². The zero-order valence-electron chi connectivity index (χ0n) is 11.4. The predicted molar refractivity (Wildman–Crippen MR) is 72.7 cm³/mol. The lowest BCUT2D eigenvalue weighted by Crippen LogP contribution is -2.20. The predicted octanol–water partition coefficient (Wildman–Crippen LogP) is 0.961. The number of nitrogens with zero attached hydrogens (tertiary/aromatic N) is 1. The zero-order valence-corrected chi connectivity index (χ0v) is 11.4. The fraction of sp³-hybridized carbons (Fsp3) is 0.231. The fourth-order valence-electron chi connectivity index (χ4n) is 1.67. The lowest BCUT2D eigenvalue weighted by atomic mass is 10.2. The maximum absolute atomic E-state index is 11.2. The SMILES string of the molecule is COc1cc(OC)c(N=c2cc[nH]c(=O)[nH]2)c(OC)c1. The van der Waals surface area contributed by atoms with Crippen LogP contribution < -0.4 is 25.4 Å². The van der Waals surface area contributed by atoms with Crippen LogP contribution in [-0.4, -0.2) is 31.3 Å². The number of H-pyrrole nitrogens is 2. The first-order valence-electron chi connectivity index (χ1n) is 5.80. The standard InChI is InChI=1S/C13H15N3O4/c1-18-8-6-9(19-2)12(10(7-8)20-3)15-11-4-5-14-13(17)16-11/h4-7H,1-3H3,(H2,14,15,16,17). The topological polar surface area (TPSA) is 88.7 Å². The van der Waals surface area contributed by atoms with Crippen LogP contribution in [0.3, 0.4) is 0 Å². The number of benzene rings is 1. The first-order chi connectivity index (χ1) is 9.67. The molecule has 7 nitrogen and oxygen atoms in total. The van der Waals surface area contributed by atoms with Crippen molar-refractivity contribution in [1.29, 1.82) is 0 Å². The van der Waals surface area contributed by atoms with E-state index in [1.165, 1.54) is 20.4 Å². The van der Waals surface area contributed by atoms with E-state index in [1.807, 2.05) is 0 Å². The number of hydrogen-bond acceptors (Lipinski definition) is 5. The molecular formula is C13H15N3O4. The van der Waals surface area contributed by atoms with Gasteiger partial charge in [-0.2, -0.15) is 0 Å². The van der Waals surface area contributed by atoms with Crippen molar-refractivity contribution >= 4 is 5.69 Å². The van der Waals surface area contributed by atoms with E-state index in [0.29, 0.717) is 28.4 Å². The average molecular weight is 277 g/mol. The van der Waals surface area contributed by atoms with Crippen LogP contribution in [0.1, 0.15) is 0 Å².